The molecule has 6 heteroatoms. The van der Waals surface area contributed by atoms with Crippen molar-refractivity contribution in [3.63, 3.8) is 0 Å². The monoisotopic (exact) mass is 432 g/mol. The van der Waals surface area contributed by atoms with Gasteiger partial charge in [0.2, 0.25) is 6.41 Å². The summed E-state index contributed by atoms with van der Waals surface area (Å²) in [6.07, 6.45) is -1.25. The summed E-state index contributed by atoms with van der Waals surface area (Å²) in [6, 6.07) is 26.1. The molecule has 2 aliphatic rings. The van der Waals surface area contributed by atoms with Crippen molar-refractivity contribution in [3.8, 4) is 0 Å². The fourth-order valence-electron chi connectivity index (χ4n) is 5.40. The highest BCUT2D eigenvalue weighted by Gasteiger charge is 2.58. The Labute approximate surface area is 187 Å². The number of aliphatic hydroxyl groups is 2. The van der Waals surface area contributed by atoms with Crippen LogP contribution >= 0.6 is 0 Å². The van der Waals surface area contributed by atoms with Gasteiger partial charge in [-0.3, -0.25) is 0 Å². The highest BCUT2D eigenvalue weighted by Crippen LogP contribution is 2.53. The number of aliphatic hydroxyl groups excluding tert-OH is 1. The minimum atomic E-state index is -1.45. The average Bonchev–Trinajstić information content (AvgIpc) is 3.35. The minimum absolute atomic E-state index is 0.102. The van der Waals surface area contributed by atoms with E-state index in [1.807, 2.05) is 91.9 Å². The lowest BCUT2D eigenvalue weighted by atomic mass is 9.78. The molecule has 2 aliphatic heterocycles. The van der Waals surface area contributed by atoms with E-state index in [0.717, 1.165) is 11.3 Å². The maximum atomic E-state index is 12.2. The van der Waals surface area contributed by atoms with Crippen molar-refractivity contribution >= 4 is 5.69 Å². The summed E-state index contributed by atoms with van der Waals surface area (Å²) in [4.78, 5) is 1.71. The smallest absolute Gasteiger partial charge is 0.239 e. The van der Waals surface area contributed by atoms with Crippen molar-refractivity contribution in [2.75, 3.05) is 11.5 Å². The van der Waals surface area contributed by atoms with Crippen LogP contribution in [-0.2, 0) is 10.3 Å². The molecule has 166 valence electrons. The molecule has 0 aliphatic carbocycles. The third-order valence-electron chi connectivity index (χ3n) is 6.79. The Hall–Kier alpha value is -2.74. The van der Waals surface area contributed by atoms with E-state index >= 15 is 0 Å². The summed E-state index contributed by atoms with van der Waals surface area (Å²) >= 11 is 0. The summed E-state index contributed by atoms with van der Waals surface area (Å²) in [7, 11) is 0. The molecule has 6 nitrogen and oxygen atoms in total. The topological polar surface area (TPSA) is 76.4 Å². The molecule has 3 N–H and O–H groups in total. The van der Waals surface area contributed by atoms with Gasteiger partial charge in [0.15, 0.2) is 0 Å². The number of hydroxylamine groups is 2. The molecular formula is C26H28N2O4. The Balaban J connectivity index is 1.61. The molecule has 4 atom stereocenters. The quantitative estimate of drug-likeness (QED) is 0.517. The molecule has 3 aromatic carbocycles. The molecule has 0 aromatic heterocycles. The Kier molecular flexibility index (Phi) is 5.49. The Bertz CT molecular complexity index is 1020. The third kappa shape index (κ3) is 3.15. The largest absolute Gasteiger partial charge is 0.379 e. The maximum absolute atomic E-state index is 12.2. The van der Waals surface area contributed by atoms with Crippen molar-refractivity contribution in [2.24, 2.45) is 0 Å². The van der Waals surface area contributed by atoms with Gasteiger partial charge >= 0.3 is 0 Å². The van der Waals surface area contributed by atoms with Gasteiger partial charge in [-0.05, 0) is 36.1 Å². The molecule has 0 radical (unpaired) electrons. The van der Waals surface area contributed by atoms with Crippen LogP contribution in [0.25, 0.3) is 0 Å². The fourth-order valence-corrected chi connectivity index (χ4v) is 5.40. The summed E-state index contributed by atoms with van der Waals surface area (Å²) < 4.78 is 5.51. The first-order valence-electron chi connectivity index (χ1n) is 11.0. The molecule has 0 amide bonds. The van der Waals surface area contributed by atoms with E-state index in [0.29, 0.717) is 24.2 Å². The van der Waals surface area contributed by atoms with Gasteiger partial charge in [-0.15, -0.1) is 0 Å². The van der Waals surface area contributed by atoms with Crippen molar-refractivity contribution < 1.29 is 20.2 Å². The van der Waals surface area contributed by atoms with Crippen LogP contribution < -0.4 is 4.90 Å². The van der Waals surface area contributed by atoms with E-state index in [-0.39, 0.29) is 5.92 Å². The fraction of sp³-hybridized carbons (Fsp3) is 0.308. The van der Waals surface area contributed by atoms with Gasteiger partial charge in [0.05, 0.1) is 6.04 Å². The Morgan fingerprint density at radius 2 is 1.50 bits per heavy atom. The zero-order chi connectivity index (χ0) is 22.3. The van der Waals surface area contributed by atoms with Gasteiger partial charge in [0, 0.05) is 18.2 Å². The molecule has 1 saturated heterocycles. The lowest BCUT2D eigenvalue weighted by Gasteiger charge is -2.41. The third-order valence-corrected chi connectivity index (χ3v) is 6.79. The van der Waals surface area contributed by atoms with Crippen molar-refractivity contribution in [1.29, 1.82) is 0 Å². The summed E-state index contributed by atoms with van der Waals surface area (Å²) in [5.74, 6) is -0.102. The van der Waals surface area contributed by atoms with E-state index in [9.17, 15) is 15.4 Å². The maximum Gasteiger partial charge on any atom is 0.239 e. The van der Waals surface area contributed by atoms with E-state index in [2.05, 4.69) is 0 Å². The number of benzene rings is 3. The van der Waals surface area contributed by atoms with Crippen LogP contribution in [0.2, 0.25) is 0 Å². The molecule has 0 spiro atoms. The van der Waals surface area contributed by atoms with Gasteiger partial charge < -0.3 is 25.1 Å². The van der Waals surface area contributed by atoms with Crippen molar-refractivity contribution in [3.05, 3.63) is 102 Å². The summed E-state index contributed by atoms with van der Waals surface area (Å²) in [5.41, 5.74) is 1.84. The van der Waals surface area contributed by atoms with Gasteiger partial charge in [-0.1, -0.05) is 78.9 Å². The number of nitrogens with zero attached hydrogens (tertiary/aromatic N) is 2. The van der Waals surface area contributed by atoms with Crippen LogP contribution in [0.4, 0.5) is 5.69 Å². The molecule has 0 bridgehead atoms. The lowest BCUT2D eigenvalue weighted by Crippen LogP contribution is -2.55. The van der Waals surface area contributed by atoms with Gasteiger partial charge in [-0.25, -0.2) is 0 Å². The first-order valence-corrected chi connectivity index (χ1v) is 11.0. The van der Waals surface area contributed by atoms with E-state index in [1.165, 1.54) is 5.06 Å². The first-order chi connectivity index (χ1) is 15.6. The summed E-state index contributed by atoms with van der Waals surface area (Å²) in [5, 5.41) is 35.8. The molecule has 3 aromatic rings. The van der Waals surface area contributed by atoms with Crippen molar-refractivity contribution in [2.45, 2.75) is 43.5 Å². The molecule has 0 saturated carbocycles. The number of fused-ring (bicyclic) bond motifs is 3. The van der Waals surface area contributed by atoms with Gasteiger partial charge in [-0.2, -0.15) is 5.06 Å². The van der Waals surface area contributed by atoms with E-state index in [4.69, 9.17) is 4.74 Å². The van der Waals surface area contributed by atoms with Gasteiger partial charge in [0.1, 0.15) is 11.8 Å². The SMILES string of the molecule is CCOC(O)N1c2ccccc2[C@H]2C[C@@H](C(O)(c3ccccc3)c3ccccc3)N(O)[C@H]21. The zero-order valence-electron chi connectivity index (χ0n) is 18.0. The number of hydrogen-bond acceptors (Lipinski definition) is 6. The second-order valence-electron chi connectivity index (χ2n) is 8.40. The zero-order valence-corrected chi connectivity index (χ0v) is 18.0. The highest BCUT2D eigenvalue weighted by molar-refractivity contribution is 5.63. The van der Waals surface area contributed by atoms with Crippen LogP contribution in [0, 0.1) is 0 Å². The minimum Gasteiger partial charge on any atom is -0.379 e. The molecule has 5 rings (SSSR count). The molecule has 2 heterocycles. The lowest BCUT2D eigenvalue weighted by molar-refractivity contribution is -0.193. The number of para-hydroxylation sites is 1. The molecule has 1 fully saturated rings. The van der Waals surface area contributed by atoms with E-state index < -0.39 is 24.2 Å². The van der Waals surface area contributed by atoms with Crippen LogP contribution in [-0.4, -0.2) is 45.7 Å². The predicted molar refractivity (Wildman–Crippen MR) is 121 cm³/mol. The predicted octanol–water partition coefficient (Wildman–Crippen LogP) is 3.63. The second kappa shape index (κ2) is 8.31. The van der Waals surface area contributed by atoms with Crippen LogP contribution in [0.3, 0.4) is 0 Å². The number of ether oxygens (including phenoxy) is 1. The average molecular weight is 433 g/mol. The first kappa shape index (κ1) is 21.1. The summed E-state index contributed by atoms with van der Waals surface area (Å²) in [6.45, 7) is 2.16. The second-order valence-corrected chi connectivity index (χ2v) is 8.40. The highest BCUT2D eigenvalue weighted by atomic mass is 16.6. The molecular weight excluding hydrogens is 404 g/mol. The molecule has 1 unspecified atom stereocenters. The van der Waals surface area contributed by atoms with E-state index in [1.54, 1.807) is 4.90 Å². The normalized spacial score (nSPS) is 23.8. The number of hydrogen-bond donors (Lipinski definition) is 3. The number of anilines is 1. The number of rotatable bonds is 6. The Morgan fingerprint density at radius 3 is 2.09 bits per heavy atom. The van der Waals surface area contributed by atoms with Crippen LogP contribution in [0.15, 0.2) is 84.9 Å². The standard InChI is InChI=1S/C26H28N2O4/c1-2-32-25(29)27-22-16-10-9-15-20(22)21-17-23(28(31)24(21)27)26(30,18-11-5-3-6-12-18)19-13-7-4-8-14-19/h3-16,21,23-25,29-31H,2,17H2,1H3/t21-,23+,24-,25?/m1/s1. The molecule has 32 heavy (non-hydrogen) atoms. The van der Waals surface area contributed by atoms with Crippen molar-refractivity contribution in [1.82, 2.24) is 5.06 Å². The van der Waals surface area contributed by atoms with Gasteiger partial charge in [0.25, 0.3) is 0 Å². The Morgan fingerprint density at radius 1 is 0.938 bits per heavy atom. The van der Waals surface area contributed by atoms with Crippen LogP contribution in [0.1, 0.15) is 36.0 Å². The van der Waals surface area contributed by atoms with Crippen LogP contribution in [0.5, 0.6) is 0 Å².